The zero-order valence-corrected chi connectivity index (χ0v) is 16.3. The lowest BCUT2D eigenvalue weighted by molar-refractivity contribution is -0.120. The third-order valence-electron chi connectivity index (χ3n) is 5.03. The summed E-state index contributed by atoms with van der Waals surface area (Å²) in [6.07, 6.45) is 3.36. The molecular formula is C23H29N3O. The molecule has 0 aliphatic rings. The second kappa shape index (κ2) is 9.36. The van der Waals surface area contributed by atoms with Gasteiger partial charge in [0.25, 0.3) is 0 Å². The lowest BCUT2D eigenvalue weighted by Gasteiger charge is -2.14. The van der Waals surface area contributed by atoms with E-state index in [4.69, 9.17) is 4.98 Å². The molecule has 2 aromatic carbocycles. The van der Waals surface area contributed by atoms with E-state index in [9.17, 15) is 4.79 Å². The van der Waals surface area contributed by atoms with Crippen molar-refractivity contribution in [2.24, 2.45) is 5.92 Å². The minimum Gasteiger partial charge on any atom is -0.356 e. The second-order valence-corrected chi connectivity index (χ2v) is 7.26. The molecule has 4 nitrogen and oxygen atoms in total. The topological polar surface area (TPSA) is 46.9 Å². The molecule has 0 bridgehead atoms. The summed E-state index contributed by atoms with van der Waals surface area (Å²) in [7, 11) is 0. The standard InChI is InChI=1S/C23H29N3O/c1-3-18(2)17-26-21-13-8-7-12-20(21)25-22(26)14-9-15-24-23(27)16-19-10-5-4-6-11-19/h4-8,10-13,18H,3,9,14-17H2,1-2H3,(H,24,27). The summed E-state index contributed by atoms with van der Waals surface area (Å²) >= 11 is 0. The van der Waals surface area contributed by atoms with Gasteiger partial charge in [0.05, 0.1) is 17.5 Å². The van der Waals surface area contributed by atoms with Gasteiger partial charge in [0.1, 0.15) is 5.82 Å². The van der Waals surface area contributed by atoms with E-state index >= 15 is 0 Å². The third kappa shape index (κ3) is 5.19. The number of benzene rings is 2. The predicted octanol–water partition coefficient (Wildman–Crippen LogP) is 4.37. The van der Waals surface area contributed by atoms with Crippen molar-refractivity contribution in [1.29, 1.82) is 0 Å². The summed E-state index contributed by atoms with van der Waals surface area (Å²) in [5.41, 5.74) is 3.31. The number of para-hydroxylation sites is 2. The highest BCUT2D eigenvalue weighted by atomic mass is 16.1. The molecule has 0 fully saturated rings. The Morgan fingerprint density at radius 1 is 1.11 bits per heavy atom. The first kappa shape index (κ1) is 19.2. The minimum atomic E-state index is 0.0781. The summed E-state index contributed by atoms with van der Waals surface area (Å²) in [6, 6.07) is 18.2. The monoisotopic (exact) mass is 363 g/mol. The molecule has 1 atom stereocenters. The zero-order chi connectivity index (χ0) is 19.1. The molecule has 0 aliphatic heterocycles. The zero-order valence-electron chi connectivity index (χ0n) is 16.3. The lowest BCUT2D eigenvalue weighted by Crippen LogP contribution is -2.26. The van der Waals surface area contributed by atoms with Crippen LogP contribution >= 0.6 is 0 Å². The highest BCUT2D eigenvalue weighted by molar-refractivity contribution is 5.78. The van der Waals surface area contributed by atoms with Gasteiger partial charge in [-0.05, 0) is 30.0 Å². The smallest absolute Gasteiger partial charge is 0.224 e. The molecule has 3 aromatic rings. The number of imidazole rings is 1. The molecule has 0 spiro atoms. The number of carbonyl (C=O) groups excluding carboxylic acids is 1. The highest BCUT2D eigenvalue weighted by Gasteiger charge is 2.12. The highest BCUT2D eigenvalue weighted by Crippen LogP contribution is 2.19. The quantitative estimate of drug-likeness (QED) is 0.574. The Kier molecular flexibility index (Phi) is 6.64. The van der Waals surface area contributed by atoms with Gasteiger partial charge in [-0.3, -0.25) is 4.79 Å². The van der Waals surface area contributed by atoms with E-state index in [2.05, 4.69) is 41.9 Å². The number of carbonyl (C=O) groups is 1. The molecule has 3 rings (SSSR count). The Morgan fingerprint density at radius 3 is 2.63 bits per heavy atom. The first-order valence-electron chi connectivity index (χ1n) is 9.92. The van der Waals surface area contributed by atoms with Gasteiger partial charge >= 0.3 is 0 Å². The fraction of sp³-hybridized carbons (Fsp3) is 0.391. The van der Waals surface area contributed by atoms with Gasteiger partial charge in [-0.25, -0.2) is 4.98 Å². The van der Waals surface area contributed by atoms with Crippen molar-refractivity contribution in [1.82, 2.24) is 14.9 Å². The summed E-state index contributed by atoms with van der Waals surface area (Å²) < 4.78 is 2.36. The van der Waals surface area contributed by atoms with Crippen LogP contribution in [0.2, 0.25) is 0 Å². The predicted molar refractivity (Wildman–Crippen MR) is 111 cm³/mol. The van der Waals surface area contributed by atoms with Gasteiger partial charge in [0.2, 0.25) is 5.91 Å². The van der Waals surface area contributed by atoms with Crippen LogP contribution in [-0.4, -0.2) is 22.0 Å². The Bertz CT molecular complexity index is 870. The van der Waals surface area contributed by atoms with Crippen LogP contribution in [0.1, 0.15) is 38.1 Å². The number of aryl methyl sites for hydroxylation is 1. The van der Waals surface area contributed by atoms with Crippen molar-refractivity contribution >= 4 is 16.9 Å². The van der Waals surface area contributed by atoms with Crippen LogP contribution in [0.3, 0.4) is 0 Å². The van der Waals surface area contributed by atoms with E-state index in [1.54, 1.807) is 0 Å². The number of hydrogen-bond donors (Lipinski definition) is 1. The van der Waals surface area contributed by atoms with E-state index in [0.29, 0.717) is 18.9 Å². The van der Waals surface area contributed by atoms with E-state index < -0.39 is 0 Å². The molecule has 1 aromatic heterocycles. The molecule has 0 saturated heterocycles. The van der Waals surface area contributed by atoms with Crippen LogP contribution in [0.15, 0.2) is 54.6 Å². The number of hydrogen-bond acceptors (Lipinski definition) is 2. The molecule has 27 heavy (non-hydrogen) atoms. The Balaban J connectivity index is 1.56. The summed E-state index contributed by atoms with van der Waals surface area (Å²) in [5, 5.41) is 3.03. The molecule has 0 radical (unpaired) electrons. The van der Waals surface area contributed by atoms with E-state index in [1.807, 2.05) is 36.4 Å². The molecular weight excluding hydrogens is 334 g/mol. The van der Waals surface area contributed by atoms with E-state index in [1.165, 1.54) is 5.52 Å². The summed E-state index contributed by atoms with van der Waals surface area (Å²) in [4.78, 5) is 16.9. The summed E-state index contributed by atoms with van der Waals surface area (Å²) in [5.74, 6) is 1.81. The third-order valence-corrected chi connectivity index (χ3v) is 5.03. The largest absolute Gasteiger partial charge is 0.356 e. The van der Waals surface area contributed by atoms with Crippen LogP contribution in [-0.2, 0) is 24.2 Å². The summed E-state index contributed by atoms with van der Waals surface area (Å²) in [6.45, 7) is 6.18. The number of fused-ring (bicyclic) bond motifs is 1. The lowest BCUT2D eigenvalue weighted by atomic mass is 10.1. The maximum atomic E-state index is 12.1. The number of nitrogens with one attached hydrogen (secondary N) is 1. The SMILES string of the molecule is CCC(C)Cn1c(CCCNC(=O)Cc2ccccc2)nc2ccccc21. The van der Waals surface area contributed by atoms with E-state index in [-0.39, 0.29) is 5.91 Å². The van der Waals surface area contributed by atoms with Crippen molar-refractivity contribution in [2.45, 2.75) is 46.1 Å². The fourth-order valence-corrected chi connectivity index (χ4v) is 3.28. The van der Waals surface area contributed by atoms with Crippen LogP contribution < -0.4 is 5.32 Å². The van der Waals surface area contributed by atoms with Crippen molar-refractivity contribution in [3.63, 3.8) is 0 Å². The van der Waals surface area contributed by atoms with Crippen LogP contribution in [0, 0.1) is 5.92 Å². The van der Waals surface area contributed by atoms with E-state index in [0.717, 1.165) is 42.7 Å². The molecule has 1 N–H and O–H groups in total. The van der Waals surface area contributed by atoms with Gasteiger partial charge in [-0.15, -0.1) is 0 Å². The van der Waals surface area contributed by atoms with Gasteiger partial charge < -0.3 is 9.88 Å². The first-order valence-corrected chi connectivity index (χ1v) is 9.92. The number of nitrogens with zero attached hydrogens (tertiary/aromatic N) is 2. The molecule has 0 aliphatic carbocycles. The maximum Gasteiger partial charge on any atom is 0.224 e. The van der Waals surface area contributed by atoms with Crippen LogP contribution in [0.5, 0.6) is 0 Å². The van der Waals surface area contributed by atoms with Gasteiger partial charge in [-0.1, -0.05) is 62.7 Å². The van der Waals surface area contributed by atoms with Crippen molar-refractivity contribution in [3.8, 4) is 0 Å². The molecule has 1 unspecified atom stereocenters. The van der Waals surface area contributed by atoms with Crippen LogP contribution in [0.25, 0.3) is 11.0 Å². The molecule has 142 valence electrons. The van der Waals surface area contributed by atoms with Gasteiger partial charge in [-0.2, -0.15) is 0 Å². The maximum absolute atomic E-state index is 12.1. The average molecular weight is 364 g/mol. The van der Waals surface area contributed by atoms with Crippen LogP contribution in [0.4, 0.5) is 0 Å². The van der Waals surface area contributed by atoms with Gasteiger partial charge in [0, 0.05) is 19.5 Å². The second-order valence-electron chi connectivity index (χ2n) is 7.26. The Labute approximate surface area is 161 Å². The first-order chi connectivity index (χ1) is 13.2. The Hall–Kier alpha value is -2.62. The minimum absolute atomic E-state index is 0.0781. The molecule has 0 saturated carbocycles. The molecule has 1 amide bonds. The van der Waals surface area contributed by atoms with Crippen molar-refractivity contribution in [3.05, 3.63) is 66.0 Å². The fourth-order valence-electron chi connectivity index (χ4n) is 3.28. The Morgan fingerprint density at radius 2 is 1.85 bits per heavy atom. The molecule has 1 heterocycles. The van der Waals surface area contributed by atoms with Crippen molar-refractivity contribution in [2.75, 3.05) is 6.54 Å². The average Bonchev–Trinajstić information content (AvgIpc) is 3.03. The van der Waals surface area contributed by atoms with Crippen molar-refractivity contribution < 1.29 is 4.79 Å². The number of amides is 1. The number of rotatable bonds is 9. The normalized spacial score (nSPS) is 12.2. The number of aromatic nitrogens is 2. The molecule has 4 heteroatoms. The van der Waals surface area contributed by atoms with Gasteiger partial charge in [0.15, 0.2) is 0 Å².